The summed E-state index contributed by atoms with van der Waals surface area (Å²) in [6, 6.07) is 0. The molecule has 0 fully saturated rings. The monoisotopic (exact) mass is 943 g/mol. The summed E-state index contributed by atoms with van der Waals surface area (Å²) in [5.41, 5.74) is 0. The van der Waals surface area contributed by atoms with Gasteiger partial charge in [0.1, 0.15) is 12.2 Å². The van der Waals surface area contributed by atoms with Crippen molar-refractivity contribution in [2.45, 2.75) is 226 Å². The van der Waals surface area contributed by atoms with Crippen LogP contribution in [-0.2, 0) is 19.1 Å². The topological polar surface area (TPSA) is 59.1 Å². The lowest BCUT2D eigenvalue weighted by molar-refractivity contribution is -0.149. The molecular weight excluding hydrogens is 849 g/mol. The van der Waals surface area contributed by atoms with Gasteiger partial charge in [-0.1, -0.05) is 212 Å². The average molecular weight is 944 g/mol. The van der Waals surface area contributed by atoms with E-state index in [2.05, 4.69) is 51.6 Å². The highest BCUT2D eigenvalue weighted by Gasteiger charge is 2.16. The summed E-state index contributed by atoms with van der Waals surface area (Å²) in [5, 5.41) is 0. The second-order valence-corrected chi connectivity index (χ2v) is 25.4. The van der Waals surface area contributed by atoms with Gasteiger partial charge in [-0.3, -0.25) is 9.59 Å². The van der Waals surface area contributed by atoms with Crippen molar-refractivity contribution in [1.29, 1.82) is 0 Å². The van der Waals surface area contributed by atoms with Crippen LogP contribution in [-0.4, -0.2) is 97.2 Å². The molecule has 0 aliphatic rings. The third-order valence-corrected chi connectivity index (χ3v) is 19.6. The Morgan fingerprint density at radius 3 is 1.02 bits per heavy atom. The third kappa shape index (κ3) is 45.3. The number of hydrogen-bond donors (Lipinski definition) is 0. The fourth-order valence-corrected chi connectivity index (χ4v) is 14.9. The van der Waals surface area contributed by atoms with E-state index in [0.29, 0.717) is 25.9 Å². The van der Waals surface area contributed by atoms with Crippen LogP contribution in [0.3, 0.4) is 0 Å². The minimum atomic E-state index is -0.0926. The molecule has 0 aliphatic carbocycles. The van der Waals surface area contributed by atoms with Gasteiger partial charge in [0.2, 0.25) is 0 Å². The Morgan fingerprint density at radius 2 is 0.712 bits per heavy atom. The number of carbonyl (C=O) groups is 2. The summed E-state index contributed by atoms with van der Waals surface area (Å²) in [6.45, 7) is 12.0. The molecule has 12 heteroatoms. The molecule has 352 valence electrons. The van der Waals surface area contributed by atoms with Crippen LogP contribution >= 0.6 is 62.8 Å². The van der Waals surface area contributed by atoms with Crippen molar-refractivity contribution in [2.24, 2.45) is 0 Å². The van der Waals surface area contributed by atoms with E-state index in [-0.39, 0.29) is 24.1 Å². The first-order valence-corrected chi connectivity index (χ1v) is 32.1. The lowest BCUT2D eigenvalue weighted by atomic mass is 10.1. The van der Waals surface area contributed by atoms with Gasteiger partial charge in [-0.15, -0.1) is 0 Å². The fourth-order valence-electron chi connectivity index (χ4n) is 6.71. The molecule has 0 aliphatic heterocycles. The van der Waals surface area contributed by atoms with Crippen LogP contribution in [0, 0.1) is 0 Å². The number of carbonyl (C=O) groups excluding carboxylic acids is 2. The molecule has 0 amide bonds. The van der Waals surface area contributed by atoms with Crippen molar-refractivity contribution in [3.05, 3.63) is 0 Å². The summed E-state index contributed by atoms with van der Waals surface area (Å²) < 4.78 is 11.6. The average Bonchev–Trinajstić information content (AvgIpc) is 3.23. The van der Waals surface area contributed by atoms with Gasteiger partial charge in [-0.25, -0.2) is 0 Å². The summed E-state index contributed by atoms with van der Waals surface area (Å²) in [4.78, 5) is 29.6. The highest BCUT2D eigenvalue weighted by molar-refractivity contribution is 9.09. The van der Waals surface area contributed by atoms with Crippen molar-refractivity contribution in [3.63, 3.8) is 0 Å². The highest BCUT2D eigenvalue weighted by atomic mass is 33.5. The first kappa shape index (κ1) is 60.0. The predicted octanol–water partition coefficient (Wildman–Crippen LogP) is 16.1. The highest BCUT2D eigenvalue weighted by Crippen LogP contribution is 2.37. The van der Waals surface area contributed by atoms with Gasteiger partial charge in [0.15, 0.2) is 0 Å². The van der Waals surface area contributed by atoms with Gasteiger partial charge in [-0.05, 0) is 78.9 Å². The number of nitrogens with zero attached hydrogens (tertiary/aromatic N) is 2. The number of unbranched alkanes of at least 4 members (excludes halogenated alkanes) is 22. The molecule has 0 aromatic rings. The Kier molecular flexibility index (Phi) is 49.2. The molecule has 0 N–H and O–H groups in total. The van der Waals surface area contributed by atoms with Crippen molar-refractivity contribution in [3.8, 4) is 0 Å². The first-order chi connectivity index (χ1) is 28.9. The predicted molar refractivity (Wildman–Crippen MR) is 276 cm³/mol. The second kappa shape index (κ2) is 48.4. The van der Waals surface area contributed by atoms with Crippen LogP contribution in [0.1, 0.15) is 214 Å². The van der Waals surface area contributed by atoms with Gasteiger partial charge < -0.3 is 19.3 Å². The number of esters is 2. The van der Waals surface area contributed by atoms with Gasteiger partial charge in [-0.2, -0.15) is 0 Å². The molecule has 59 heavy (non-hydrogen) atoms. The largest absolute Gasteiger partial charge is 0.461 e. The van der Waals surface area contributed by atoms with E-state index in [1.54, 1.807) is 0 Å². The Bertz CT molecular complexity index is 827. The van der Waals surface area contributed by atoms with Crippen LogP contribution in [0.4, 0.5) is 0 Å². The molecule has 0 saturated heterocycles. The summed E-state index contributed by atoms with van der Waals surface area (Å²) in [6.07, 6.45) is 37.0. The summed E-state index contributed by atoms with van der Waals surface area (Å²) >= 11 is 0. The molecular formula is C47H94N2O4S6. The first-order valence-electron chi connectivity index (χ1n) is 24.4. The molecule has 0 aromatic carbocycles. The maximum atomic E-state index is 12.6. The van der Waals surface area contributed by atoms with E-state index < -0.39 is 0 Å². The quantitative estimate of drug-likeness (QED) is 0.0332. The molecule has 0 saturated carbocycles. The van der Waals surface area contributed by atoms with Crippen molar-refractivity contribution >= 4 is 74.8 Å². The molecule has 0 spiro atoms. The maximum absolute atomic E-state index is 12.6. The van der Waals surface area contributed by atoms with E-state index in [9.17, 15) is 9.59 Å². The lowest BCUT2D eigenvalue weighted by Crippen LogP contribution is -2.30. The van der Waals surface area contributed by atoms with Crippen molar-refractivity contribution in [1.82, 2.24) is 9.80 Å². The van der Waals surface area contributed by atoms with E-state index in [1.807, 2.05) is 62.8 Å². The van der Waals surface area contributed by atoms with Gasteiger partial charge in [0.05, 0.1) is 12.8 Å². The van der Waals surface area contributed by atoms with Crippen molar-refractivity contribution in [2.75, 3.05) is 63.3 Å². The zero-order chi connectivity index (χ0) is 43.3. The van der Waals surface area contributed by atoms with E-state index >= 15 is 0 Å². The van der Waals surface area contributed by atoms with Gasteiger partial charge in [0.25, 0.3) is 0 Å². The van der Waals surface area contributed by atoms with Gasteiger partial charge >= 0.3 is 11.9 Å². The molecule has 0 bridgehead atoms. The smallest absolute Gasteiger partial charge is 0.307 e. The Labute approximate surface area is 390 Å². The number of hydrogen-bond acceptors (Lipinski definition) is 12. The molecule has 2 atom stereocenters. The van der Waals surface area contributed by atoms with E-state index in [1.165, 1.54) is 166 Å². The lowest BCUT2D eigenvalue weighted by Gasteiger charge is -2.21. The molecule has 0 radical (unpaired) electrons. The molecule has 0 aromatic heterocycles. The zero-order valence-electron chi connectivity index (χ0n) is 39.3. The molecule has 2 unspecified atom stereocenters. The van der Waals surface area contributed by atoms with E-state index in [0.717, 1.165) is 43.9 Å². The third-order valence-electron chi connectivity index (χ3n) is 10.8. The molecule has 0 rings (SSSR count). The zero-order valence-corrected chi connectivity index (χ0v) is 44.2. The minimum Gasteiger partial charge on any atom is -0.461 e. The Balaban J connectivity index is 3.75. The normalized spacial score (nSPS) is 12.7. The summed E-state index contributed by atoms with van der Waals surface area (Å²) in [5.74, 6) is 3.93. The number of rotatable bonds is 48. The van der Waals surface area contributed by atoms with Crippen LogP contribution in [0.15, 0.2) is 0 Å². The minimum absolute atomic E-state index is 0.0130. The van der Waals surface area contributed by atoms with Crippen LogP contribution in [0.25, 0.3) is 0 Å². The molecule has 6 nitrogen and oxygen atoms in total. The van der Waals surface area contributed by atoms with Crippen molar-refractivity contribution < 1.29 is 19.1 Å². The van der Waals surface area contributed by atoms with E-state index in [4.69, 9.17) is 9.47 Å². The van der Waals surface area contributed by atoms with Crippen LogP contribution in [0.2, 0.25) is 0 Å². The Morgan fingerprint density at radius 1 is 0.407 bits per heavy atom. The van der Waals surface area contributed by atoms with Crippen LogP contribution < -0.4 is 0 Å². The maximum Gasteiger partial charge on any atom is 0.307 e. The standard InChI is InChI=1S/C47H94N2O4S6/c1-7-11-13-15-17-19-21-23-25-27-29-31-40-54-58-56-42-44(9-3)52-46(50)34-38-48(5)36-33-37-49(6)39-35-47(51)53-45(10-4)43-57-59-55-41-32-30-28-26-24-22-20-18-16-14-12-8-2/h44-45H,7-43H2,1-6H3. The Hall–Kier alpha value is 0.960. The van der Waals surface area contributed by atoms with Gasteiger partial charge in [0, 0.05) is 36.1 Å². The SMILES string of the molecule is CCCCCCCCCCCCCCSSSCC(CC)OC(=O)CCN(C)CCCN(C)CCC(=O)OC(CC)CSSSCCCCCCCCCCCCCC. The molecule has 0 heterocycles. The summed E-state index contributed by atoms with van der Waals surface area (Å²) in [7, 11) is 15.4. The van der Waals surface area contributed by atoms with Crippen LogP contribution in [0.5, 0.6) is 0 Å². The fraction of sp³-hybridized carbons (Fsp3) is 0.957. The second-order valence-electron chi connectivity index (χ2n) is 16.6. The number of ether oxygens (including phenoxy) is 2.